The normalized spacial score (nSPS) is 60.3. The smallest absolute Gasteiger partial charge is 0.201 e. The molecule has 9 rings (SSSR count). The first-order valence-electron chi connectivity index (χ1n) is 13.8. The van der Waals surface area contributed by atoms with Crippen molar-refractivity contribution in [2.45, 2.75) is 109 Å². The fraction of sp³-hybridized carbons (Fsp3) is 1.00. The van der Waals surface area contributed by atoms with E-state index in [1.165, 1.54) is 44.9 Å². The Morgan fingerprint density at radius 1 is 0.875 bits per heavy atom. The minimum Gasteiger partial charge on any atom is -0.352 e. The molecule has 9 aliphatic rings. The van der Waals surface area contributed by atoms with Gasteiger partial charge < -0.3 is 14.2 Å². The van der Waals surface area contributed by atoms with Crippen molar-refractivity contribution < 1.29 is 24.0 Å². The largest absolute Gasteiger partial charge is 0.352 e. The summed E-state index contributed by atoms with van der Waals surface area (Å²) in [5.74, 6) is 5.87. The maximum atomic E-state index is 6.62. The van der Waals surface area contributed by atoms with Crippen LogP contribution in [0.25, 0.3) is 0 Å². The van der Waals surface area contributed by atoms with Crippen molar-refractivity contribution in [1.82, 2.24) is 0 Å². The molecule has 0 amide bonds. The van der Waals surface area contributed by atoms with Crippen LogP contribution in [-0.4, -0.2) is 30.6 Å². The maximum Gasteiger partial charge on any atom is 0.201 e. The molecular weight excluding hydrogens is 404 g/mol. The molecule has 0 aromatic carbocycles. The zero-order valence-electron chi connectivity index (χ0n) is 20.2. The Balaban J connectivity index is 1.06. The molecule has 0 radical (unpaired) electrons. The second-order valence-corrected chi connectivity index (χ2v) is 13.0. The van der Waals surface area contributed by atoms with Gasteiger partial charge in [-0.15, -0.1) is 0 Å². The highest BCUT2D eigenvalue weighted by molar-refractivity contribution is 5.09. The van der Waals surface area contributed by atoms with Crippen molar-refractivity contribution in [2.24, 2.45) is 53.3 Å². The molecule has 0 aromatic rings. The summed E-state index contributed by atoms with van der Waals surface area (Å²) in [7, 11) is 0. The molecule has 0 unspecified atom stereocenters. The van der Waals surface area contributed by atoms with Crippen LogP contribution in [0, 0.1) is 53.3 Å². The number of ether oxygens (including phenoxy) is 3. The Bertz CT molecular complexity index is 714. The van der Waals surface area contributed by atoms with Gasteiger partial charge in [0.25, 0.3) is 0 Å². The first-order valence-corrected chi connectivity index (χ1v) is 13.8. The highest BCUT2D eigenvalue weighted by Gasteiger charge is 2.69. The molecule has 0 N–H and O–H groups in total. The third-order valence-electron chi connectivity index (χ3n) is 11.3. The summed E-state index contributed by atoms with van der Waals surface area (Å²) in [5.41, 5.74) is -0.478. The van der Waals surface area contributed by atoms with Crippen LogP contribution >= 0.6 is 0 Å². The van der Waals surface area contributed by atoms with Gasteiger partial charge in [0.05, 0.1) is 6.61 Å². The lowest BCUT2D eigenvalue weighted by Gasteiger charge is -2.60. The molecule has 4 heterocycles. The molecule has 0 aromatic heterocycles. The molecule has 180 valence electrons. The van der Waals surface area contributed by atoms with Crippen LogP contribution in [0.1, 0.15) is 85.0 Å². The second-order valence-electron chi connectivity index (χ2n) is 13.0. The minimum absolute atomic E-state index is 0.201. The molecule has 5 saturated carbocycles. The van der Waals surface area contributed by atoms with Gasteiger partial charge in [-0.2, -0.15) is 0 Å². The lowest BCUT2D eigenvalue weighted by atomic mass is 9.51. The minimum atomic E-state index is -0.705. The van der Waals surface area contributed by atoms with Gasteiger partial charge in [-0.05, 0) is 106 Å². The standard InChI is InChI=1S/C27H42O5/c1-15-4-5-23-16(2)24(29-25-27(23)22(15)6-8-26(3,30-25)31-32-27)28-9-7-21-19-11-17-10-18(13-19)14-20(21)12-17/h15-25H,4-14H2,1-3H3/t15-,16-,17?,18?,19?,20?,21?,22+,23+,24+,25-,26-,27-/m1/s1. The van der Waals surface area contributed by atoms with Crippen LogP contribution in [-0.2, 0) is 24.0 Å². The van der Waals surface area contributed by atoms with Crippen molar-refractivity contribution in [3.05, 3.63) is 0 Å². The molecule has 6 bridgehead atoms. The highest BCUT2D eigenvalue weighted by atomic mass is 17.3. The average molecular weight is 447 g/mol. The molecule has 1 spiro atoms. The molecule has 4 aliphatic heterocycles. The van der Waals surface area contributed by atoms with E-state index in [9.17, 15) is 0 Å². The lowest BCUT2D eigenvalue weighted by Crippen LogP contribution is -2.70. The summed E-state index contributed by atoms with van der Waals surface area (Å²) >= 11 is 0. The monoisotopic (exact) mass is 446 g/mol. The van der Waals surface area contributed by atoms with Crippen molar-refractivity contribution in [3.63, 3.8) is 0 Å². The topological polar surface area (TPSA) is 46.2 Å². The van der Waals surface area contributed by atoms with Crippen molar-refractivity contribution in [2.75, 3.05) is 6.61 Å². The van der Waals surface area contributed by atoms with Gasteiger partial charge in [0.1, 0.15) is 0 Å². The first kappa shape index (κ1) is 21.1. The summed E-state index contributed by atoms with van der Waals surface area (Å²) in [5, 5.41) is 0. The maximum absolute atomic E-state index is 6.62. The van der Waals surface area contributed by atoms with E-state index in [0.717, 1.165) is 55.5 Å². The van der Waals surface area contributed by atoms with Gasteiger partial charge in [0, 0.05) is 18.3 Å². The summed E-state index contributed by atoms with van der Waals surface area (Å²) in [6.45, 7) is 7.50. The Morgan fingerprint density at radius 2 is 1.62 bits per heavy atom. The molecule has 5 nitrogen and oxygen atoms in total. The summed E-state index contributed by atoms with van der Waals surface area (Å²) in [6, 6.07) is 0. The van der Waals surface area contributed by atoms with Gasteiger partial charge >= 0.3 is 0 Å². The molecule has 5 heteroatoms. The second kappa shape index (κ2) is 7.40. The number of rotatable bonds is 4. The van der Waals surface area contributed by atoms with E-state index in [1.54, 1.807) is 0 Å². The molecule has 5 aliphatic carbocycles. The van der Waals surface area contributed by atoms with Crippen LogP contribution in [0.2, 0.25) is 0 Å². The van der Waals surface area contributed by atoms with E-state index in [1.807, 2.05) is 6.92 Å². The van der Waals surface area contributed by atoms with E-state index < -0.39 is 11.4 Å². The summed E-state index contributed by atoms with van der Waals surface area (Å²) in [6.07, 6.45) is 12.4. The summed E-state index contributed by atoms with van der Waals surface area (Å²) < 4.78 is 19.6. The molecule has 9 fully saturated rings. The number of hydrogen-bond acceptors (Lipinski definition) is 5. The predicted octanol–water partition coefficient (Wildman–Crippen LogP) is 5.67. The SMILES string of the molecule is C[C@H]1[C@@H](OCCC2C3CC4CC(C3)CC2C4)O[C@@H]2O[C@@]3(C)CC[C@H]4[C@H](C)CC[C@@H]1[C@@]24OO3. The van der Waals surface area contributed by atoms with E-state index >= 15 is 0 Å². The zero-order chi connectivity index (χ0) is 21.7. The molecule has 32 heavy (non-hydrogen) atoms. The third kappa shape index (κ3) is 3.00. The highest BCUT2D eigenvalue weighted by Crippen LogP contribution is 2.61. The van der Waals surface area contributed by atoms with Crippen molar-refractivity contribution >= 4 is 0 Å². The Labute approximate surface area is 193 Å². The molecule has 8 atom stereocenters. The average Bonchev–Trinajstić information content (AvgIpc) is 2.99. The van der Waals surface area contributed by atoms with Gasteiger partial charge in [-0.1, -0.05) is 13.8 Å². The van der Waals surface area contributed by atoms with E-state index in [-0.39, 0.29) is 18.5 Å². The van der Waals surface area contributed by atoms with E-state index in [2.05, 4.69) is 13.8 Å². The zero-order valence-corrected chi connectivity index (χ0v) is 20.2. The third-order valence-corrected chi connectivity index (χ3v) is 11.3. The van der Waals surface area contributed by atoms with E-state index in [0.29, 0.717) is 17.8 Å². The fourth-order valence-corrected chi connectivity index (χ4v) is 9.89. The first-order chi connectivity index (χ1) is 15.5. The van der Waals surface area contributed by atoms with Crippen molar-refractivity contribution in [3.8, 4) is 0 Å². The van der Waals surface area contributed by atoms with Crippen LogP contribution in [0.15, 0.2) is 0 Å². The lowest BCUT2D eigenvalue weighted by molar-refractivity contribution is -0.577. The Kier molecular flexibility index (Phi) is 4.88. The molecular formula is C27H42O5. The number of hydrogen-bond donors (Lipinski definition) is 0. The number of fused-ring (bicyclic) bond motifs is 2. The van der Waals surface area contributed by atoms with Gasteiger partial charge in [-0.25, -0.2) is 9.78 Å². The van der Waals surface area contributed by atoms with Crippen LogP contribution in [0.3, 0.4) is 0 Å². The van der Waals surface area contributed by atoms with E-state index in [4.69, 9.17) is 24.0 Å². The Hall–Kier alpha value is -0.200. The molecule has 4 saturated heterocycles. The fourth-order valence-electron chi connectivity index (χ4n) is 9.89. The van der Waals surface area contributed by atoms with Gasteiger partial charge in [-0.3, -0.25) is 0 Å². The quantitative estimate of drug-likeness (QED) is 0.521. The van der Waals surface area contributed by atoms with Gasteiger partial charge in [0.2, 0.25) is 5.79 Å². The summed E-state index contributed by atoms with van der Waals surface area (Å²) in [4.78, 5) is 12.2. The van der Waals surface area contributed by atoms with Crippen molar-refractivity contribution in [1.29, 1.82) is 0 Å². The van der Waals surface area contributed by atoms with Gasteiger partial charge in [0.15, 0.2) is 18.2 Å². The van der Waals surface area contributed by atoms with Crippen LogP contribution in [0.4, 0.5) is 0 Å². The van der Waals surface area contributed by atoms with Crippen LogP contribution in [0.5, 0.6) is 0 Å². The predicted molar refractivity (Wildman–Crippen MR) is 118 cm³/mol. The Morgan fingerprint density at radius 3 is 2.38 bits per heavy atom. The van der Waals surface area contributed by atoms with Crippen LogP contribution < -0.4 is 0 Å².